The summed E-state index contributed by atoms with van der Waals surface area (Å²) in [5.74, 6) is 0.304. The zero-order valence-corrected chi connectivity index (χ0v) is 12.7. The maximum Gasteiger partial charge on any atom is 0.175 e. The monoisotopic (exact) mass is 311 g/mol. The molecule has 1 atom stereocenters. The van der Waals surface area contributed by atoms with Crippen molar-refractivity contribution >= 4 is 17.4 Å². The van der Waals surface area contributed by atoms with E-state index in [1.54, 1.807) is 19.1 Å². The molecule has 114 valence electrons. The summed E-state index contributed by atoms with van der Waals surface area (Å²) in [5, 5.41) is 16.1. The van der Waals surface area contributed by atoms with E-state index in [9.17, 15) is 9.60 Å². The third-order valence-electron chi connectivity index (χ3n) is 4.65. The number of halogens is 2. The second-order valence-corrected chi connectivity index (χ2v) is 6.28. The van der Waals surface area contributed by atoms with Gasteiger partial charge in [-0.15, -0.1) is 0 Å². The smallest absolute Gasteiger partial charge is 0.175 e. The second-order valence-electron chi connectivity index (χ2n) is 5.87. The molecule has 3 saturated heterocycles. The second kappa shape index (κ2) is 5.81. The van der Waals surface area contributed by atoms with Crippen molar-refractivity contribution in [2.75, 3.05) is 19.6 Å². The van der Waals surface area contributed by atoms with Crippen LogP contribution in [0.4, 0.5) is 4.39 Å². The zero-order chi connectivity index (χ0) is 15.0. The minimum Gasteiger partial charge on any atom is -0.409 e. The van der Waals surface area contributed by atoms with E-state index in [0.29, 0.717) is 16.5 Å². The van der Waals surface area contributed by atoms with Gasteiger partial charge in [0.1, 0.15) is 5.82 Å². The molecular formula is C15H19ClFN3O. The highest BCUT2D eigenvalue weighted by Gasteiger charge is 2.35. The van der Waals surface area contributed by atoms with Crippen LogP contribution in [0.5, 0.6) is 0 Å². The molecule has 0 aromatic heterocycles. The number of amidine groups is 1. The van der Waals surface area contributed by atoms with Crippen molar-refractivity contribution in [3.63, 3.8) is 0 Å². The molecule has 3 aliphatic heterocycles. The van der Waals surface area contributed by atoms with E-state index in [1.165, 1.54) is 0 Å². The Kier molecular flexibility index (Phi) is 4.04. The van der Waals surface area contributed by atoms with Gasteiger partial charge in [-0.25, -0.2) is 4.39 Å². The van der Waals surface area contributed by atoms with Crippen molar-refractivity contribution in [3.05, 3.63) is 34.1 Å². The number of fused-ring (bicyclic) bond motifs is 3. The third kappa shape index (κ3) is 2.72. The molecular weight excluding hydrogens is 293 g/mol. The Morgan fingerprint density at radius 3 is 2.71 bits per heavy atom. The minimum atomic E-state index is -0.441. The molecule has 0 radical (unpaired) electrons. The van der Waals surface area contributed by atoms with Crippen molar-refractivity contribution < 1.29 is 9.60 Å². The van der Waals surface area contributed by atoms with E-state index in [4.69, 9.17) is 11.6 Å². The molecule has 0 aliphatic carbocycles. The molecule has 3 fully saturated rings. The predicted molar refractivity (Wildman–Crippen MR) is 80.6 cm³/mol. The molecule has 0 amide bonds. The van der Waals surface area contributed by atoms with E-state index in [0.717, 1.165) is 32.5 Å². The van der Waals surface area contributed by atoms with E-state index >= 15 is 0 Å². The fourth-order valence-corrected chi connectivity index (χ4v) is 3.46. The molecule has 3 aliphatic rings. The predicted octanol–water partition coefficient (Wildman–Crippen LogP) is 2.61. The molecule has 1 aromatic carbocycles. The van der Waals surface area contributed by atoms with E-state index in [1.807, 2.05) is 0 Å². The summed E-state index contributed by atoms with van der Waals surface area (Å²) >= 11 is 5.91. The summed E-state index contributed by atoms with van der Waals surface area (Å²) in [7, 11) is 0. The summed E-state index contributed by atoms with van der Waals surface area (Å²) in [4.78, 5) is 2.39. The van der Waals surface area contributed by atoms with Crippen LogP contribution in [0, 0.1) is 18.7 Å². The summed E-state index contributed by atoms with van der Waals surface area (Å²) in [6, 6.07) is 3.38. The van der Waals surface area contributed by atoms with E-state index in [2.05, 4.69) is 15.4 Å². The van der Waals surface area contributed by atoms with Gasteiger partial charge in [0, 0.05) is 23.2 Å². The number of rotatable bonds is 2. The highest BCUT2D eigenvalue weighted by molar-refractivity contribution is 6.31. The van der Waals surface area contributed by atoms with Gasteiger partial charge in [0.15, 0.2) is 5.84 Å². The Bertz CT molecular complexity index is 570. The van der Waals surface area contributed by atoms with Crippen molar-refractivity contribution in [2.24, 2.45) is 11.1 Å². The summed E-state index contributed by atoms with van der Waals surface area (Å²) < 4.78 is 14.3. The fraction of sp³-hybridized carbons (Fsp3) is 0.533. The largest absolute Gasteiger partial charge is 0.409 e. The lowest BCUT2D eigenvalue weighted by molar-refractivity contribution is 0.0808. The lowest BCUT2D eigenvalue weighted by Gasteiger charge is -2.45. The van der Waals surface area contributed by atoms with Crippen LogP contribution in [0.1, 0.15) is 24.0 Å². The lowest BCUT2D eigenvalue weighted by Crippen LogP contribution is -2.57. The zero-order valence-electron chi connectivity index (χ0n) is 11.9. The van der Waals surface area contributed by atoms with Gasteiger partial charge in [-0.2, -0.15) is 0 Å². The van der Waals surface area contributed by atoms with Gasteiger partial charge < -0.3 is 15.4 Å². The molecule has 21 heavy (non-hydrogen) atoms. The molecule has 2 bridgehead atoms. The van der Waals surface area contributed by atoms with Crippen LogP contribution in [-0.2, 0) is 0 Å². The van der Waals surface area contributed by atoms with Crippen LogP contribution in [0.2, 0.25) is 5.02 Å². The maximum atomic E-state index is 14.3. The topological polar surface area (TPSA) is 47.9 Å². The Labute approximate surface area is 128 Å². The van der Waals surface area contributed by atoms with Crippen molar-refractivity contribution in [1.82, 2.24) is 10.2 Å². The van der Waals surface area contributed by atoms with Crippen molar-refractivity contribution in [2.45, 2.75) is 25.8 Å². The van der Waals surface area contributed by atoms with E-state index < -0.39 is 5.82 Å². The maximum absolute atomic E-state index is 14.3. The van der Waals surface area contributed by atoms with Crippen molar-refractivity contribution in [1.29, 1.82) is 0 Å². The van der Waals surface area contributed by atoms with Crippen LogP contribution in [0.25, 0.3) is 0 Å². The summed E-state index contributed by atoms with van der Waals surface area (Å²) in [6.07, 6.45) is 2.27. The number of hydrogen-bond donors (Lipinski definition) is 2. The number of nitrogens with zero attached hydrogens (tertiary/aromatic N) is 2. The number of oxime groups is 1. The molecule has 0 unspecified atom stereocenters. The number of benzene rings is 1. The standard InChI is InChI=1S/C15H19ClFN3O/c1-9-12(16)3-2-11(14(9)17)15(19-21)18-13-8-20-6-4-10(13)5-7-20/h2-3,10,13,21H,4-8H2,1H3,(H,18,19)/t13-/m0/s1. The Morgan fingerprint density at radius 1 is 1.43 bits per heavy atom. The van der Waals surface area contributed by atoms with Gasteiger partial charge in [0.05, 0.1) is 5.56 Å². The number of hydrogen-bond acceptors (Lipinski definition) is 3. The molecule has 0 saturated carbocycles. The van der Waals surface area contributed by atoms with Gasteiger partial charge >= 0.3 is 0 Å². The van der Waals surface area contributed by atoms with Gasteiger partial charge in [-0.05, 0) is 50.9 Å². The van der Waals surface area contributed by atoms with Crippen LogP contribution in [0.15, 0.2) is 17.3 Å². The molecule has 3 heterocycles. The average Bonchev–Trinajstić information content (AvgIpc) is 2.52. The Morgan fingerprint density at radius 2 is 2.14 bits per heavy atom. The molecule has 4 nitrogen and oxygen atoms in total. The van der Waals surface area contributed by atoms with E-state index in [-0.39, 0.29) is 17.4 Å². The van der Waals surface area contributed by atoms with Crippen LogP contribution >= 0.6 is 11.6 Å². The van der Waals surface area contributed by atoms with Gasteiger partial charge in [-0.3, -0.25) is 0 Å². The fourth-order valence-electron chi connectivity index (χ4n) is 3.31. The first-order valence-corrected chi connectivity index (χ1v) is 7.64. The minimum absolute atomic E-state index is 0.186. The highest BCUT2D eigenvalue weighted by Crippen LogP contribution is 2.28. The van der Waals surface area contributed by atoms with Crippen molar-refractivity contribution in [3.8, 4) is 0 Å². The lowest BCUT2D eigenvalue weighted by atomic mass is 9.84. The van der Waals surface area contributed by atoms with Gasteiger partial charge in [0.2, 0.25) is 0 Å². The number of piperidine rings is 3. The summed E-state index contributed by atoms with van der Waals surface area (Å²) in [5.41, 5.74) is 0.627. The van der Waals surface area contributed by atoms with Crippen LogP contribution in [-0.4, -0.2) is 41.6 Å². The normalized spacial score (nSPS) is 28.7. The average molecular weight is 312 g/mol. The first-order valence-electron chi connectivity index (χ1n) is 7.26. The van der Waals surface area contributed by atoms with Gasteiger partial charge in [-0.1, -0.05) is 16.8 Å². The third-order valence-corrected chi connectivity index (χ3v) is 5.06. The Hall–Kier alpha value is -1.33. The van der Waals surface area contributed by atoms with Crippen LogP contribution < -0.4 is 5.32 Å². The highest BCUT2D eigenvalue weighted by atomic mass is 35.5. The van der Waals surface area contributed by atoms with Gasteiger partial charge in [0.25, 0.3) is 0 Å². The van der Waals surface area contributed by atoms with Crippen LogP contribution in [0.3, 0.4) is 0 Å². The Balaban J connectivity index is 1.82. The molecule has 4 rings (SSSR count). The first kappa shape index (κ1) is 14.6. The molecule has 6 heteroatoms. The summed E-state index contributed by atoms with van der Waals surface area (Å²) in [6.45, 7) is 4.79. The molecule has 2 N–H and O–H groups in total. The number of nitrogens with one attached hydrogen (secondary N) is 1. The first-order chi connectivity index (χ1) is 10.1. The quantitative estimate of drug-likeness (QED) is 0.382. The molecule has 1 aromatic rings. The SMILES string of the molecule is Cc1c(Cl)ccc(/C(=N\O)N[C@H]2CN3CCC2CC3)c1F. The molecule has 0 spiro atoms.